The molecule has 0 fully saturated rings. The van der Waals surface area contributed by atoms with E-state index < -0.39 is 0 Å². The third-order valence-electron chi connectivity index (χ3n) is 3.48. The quantitative estimate of drug-likeness (QED) is 0.584. The molecule has 0 radical (unpaired) electrons. The van der Waals surface area contributed by atoms with Crippen LogP contribution in [0.5, 0.6) is 0 Å². The Kier molecular flexibility index (Phi) is 3.49. The van der Waals surface area contributed by atoms with Gasteiger partial charge in [0.15, 0.2) is 0 Å². The minimum absolute atomic E-state index is 1.16. The minimum atomic E-state index is 1.16. The number of hydrogen-bond donors (Lipinski definition) is 0. The summed E-state index contributed by atoms with van der Waals surface area (Å²) in [5, 5.41) is 0. The zero-order valence-electron chi connectivity index (χ0n) is 11.6. The van der Waals surface area contributed by atoms with Crippen LogP contribution in [0.3, 0.4) is 0 Å². The van der Waals surface area contributed by atoms with Gasteiger partial charge in [0.05, 0.1) is 5.69 Å². The summed E-state index contributed by atoms with van der Waals surface area (Å²) in [6, 6.07) is 19.1. The fourth-order valence-corrected chi connectivity index (χ4v) is 2.90. The summed E-state index contributed by atoms with van der Waals surface area (Å²) >= 11 is 3.73. The van der Waals surface area contributed by atoms with Gasteiger partial charge in [-0.25, -0.2) is 0 Å². The third-order valence-corrected chi connectivity index (χ3v) is 4.48. The van der Waals surface area contributed by atoms with Crippen LogP contribution in [0.15, 0.2) is 65.3 Å². The fraction of sp³-hybridized carbons (Fsp3) is 0.111. The first-order chi connectivity index (χ1) is 9.66. The standard InChI is InChI=1S/C18H16BrN/c1-13-8-10-16(11-9-13)20-12-14(2)17(19)18(20)15-6-4-3-5-7-15/h3-12H,1-2H3. The molecule has 0 amide bonds. The van der Waals surface area contributed by atoms with Crippen LogP contribution in [0.1, 0.15) is 11.1 Å². The van der Waals surface area contributed by atoms with E-state index >= 15 is 0 Å². The van der Waals surface area contributed by atoms with Gasteiger partial charge < -0.3 is 4.57 Å². The lowest BCUT2D eigenvalue weighted by atomic mass is 10.1. The predicted octanol–water partition coefficient (Wildman–Crippen LogP) is 5.52. The second-order valence-corrected chi connectivity index (χ2v) is 5.84. The Labute approximate surface area is 128 Å². The van der Waals surface area contributed by atoms with Crippen LogP contribution in [0.2, 0.25) is 0 Å². The first-order valence-corrected chi connectivity index (χ1v) is 7.46. The van der Waals surface area contributed by atoms with Crippen molar-refractivity contribution in [3.05, 3.63) is 76.4 Å². The molecule has 0 aliphatic heterocycles. The first-order valence-electron chi connectivity index (χ1n) is 6.67. The summed E-state index contributed by atoms with van der Waals surface area (Å²) in [4.78, 5) is 0. The highest BCUT2D eigenvalue weighted by atomic mass is 79.9. The van der Waals surface area contributed by atoms with E-state index in [0.717, 1.165) is 4.47 Å². The summed E-state index contributed by atoms with van der Waals surface area (Å²) in [6.45, 7) is 4.24. The molecule has 2 aromatic carbocycles. The summed E-state index contributed by atoms with van der Waals surface area (Å²) in [6.07, 6.45) is 2.18. The highest BCUT2D eigenvalue weighted by molar-refractivity contribution is 9.10. The van der Waals surface area contributed by atoms with E-state index in [9.17, 15) is 0 Å². The maximum atomic E-state index is 3.73. The van der Waals surface area contributed by atoms with Gasteiger partial charge in [-0.3, -0.25) is 0 Å². The van der Waals surface area contributed by atoms with Gasteiger partial charge in [-0.1, -0.05) is 48.0 Å². The van der Waals surface area contributed by atoms with Crippen LogP contribution in [-0.2, 0) is 0 Å². The molecule has 0 spiro atoms. The Hall–Kier alpha value is -1.80. The van der Waals surface area contributed by atoms with Crippen molar-refractivity contribution < 1.29 is 0 Å². The first kappa shape index (κ1) is 13.2. The number of rotatable bonds is 2. The lowest BCUT2D eigenvalue weighted by Gasteiger charge is -2.10. The van der Waals surface area contributed by atoms with Crippen LogP contribution >= 0.6 is 15.9 Å². The summed E-state index contributed by atoms with van der Waals surface area (Å²) < 4.78 is 3.40. The van der Waals surface area contributed by atoms with Crippen LogP contribution < -0.4 is 0 Å². The normalized spacial score (nSPS) is 10.8. The van der Waals surface area contributed by atoms with Crippen molar-refractivity contribution >= 4 is 15.9 Å². The Morgan fingerprint density at radius 2 is 1.50 bits per heavy atom. The van der Waals surface area contributed by atoms with Crippen LogP contribution in [0.4, 0.5) is 0 Å². The minimum Gasteiger partial charge on any atom is -0.315 e. The monoisotopic (exact) mass is 325 g/mol. The van der Waals surface area contributed by atoms with Gasteiger partial charge in [0.2, 0.25) is 0 Å². The van der Waals surface area contributed by atoms with Crippen molar-refractivity contribution in [2.45, 2.75) is 13.8 Å². The highest BCUT2D eigenvalue weighted by Crippen LogP contribution is 2.34. The predicted molar refractivity (Wildman–Crippen MR) is 88.4 cm³/mol. The Morgan fingerprint density at radius 1 is 0.850 bits per heavy atom. The van der Waals surface area contributed by atoms with Crippen molar-refractivity contribution in [2.75, 3.05) is 0 Å². The molecule has 0 saturated heterocycles. The highest BCUT2D eigenvalue weighted by Gasteiger charge is 2.13. The van der Waals surface area contributed by atoms with Crippen LogP contribution in [0.25, 0.3) is 16.9 Å². The molecule has 0 atom stereocenters. The molecule has 3 aromatic rings. The second kappa shape index (κ2) is 5.29. The molecule has 0 unspecified atom stereocenters. The molecule has 1 aromatic heterocycles. The molecule has 20 heavy (non-hydrogen) atoms. The van der Waals surface area contributed by atoms with E-state index in [1.807, 2.05) is 6.07 Å². The second-order valence-electron chi connectivity index (χ2n) is 5.05. The molecule has 1 nitrogen and oxygen atoms in total. The van der Waals surface area contributed by atoms with E-state index in [-0.39, 0.29) is 0 Å². The fourth-order valence-electron chi connectivity index (χ4n) is 2.38. The average Bonchev–Trinajstić information content (AvgIpc) is 2.77. The number of aryl methyl sites for hydroxylation is 2. The molecule has 0 aliphatic rings. The molecule has 0 aliphatic carbocycles. The molecule has 1 heterocycles. The molecular weight excluding hydrogens is 310 g/mol. The average molecular weight is 326 g/mol. The smallest absolute Gasteiger partial charge is 0.0673 e. The Balaban J connectivity index is 2.22. The van der Waals surface area contributed by atoms with E-state index in [0.29, 0.717) is 0 Å². The SMILES string of the molecule is Cc1ccc(-n2cc(C)c(Br)c2-c2ccccc2)cc1. The lowest BCUT2D eigenvalue weighted by molar-refractivity contribution is 1.08. The number of hydrogen-bond acceptors (Lipinski definition) is 0. The van der Waals surface area contributed by atoms with E-state index in [4.69, 9.17) is 0 Å². The van der Waals surface area contributed by atoms with Crippen LogP contribution in [0, 0.1) is 13.8 Å². The van der Waals surface area contributed by atoms with Crippen molar-refractivity contribution in [1.29, 1.82) is 0 Å². The molecule has 2 heteroatoms. The van der Waals surface area contributed by atoms with E-state index in [1.165, 1.54) is 28.1 Å². The molecule has 0 bridgehead atoms. The van der Waals surface area contributed by atoms with Gasteiger partial charge in [0, 0.05) is 16.4 Å². The summed E-state index contributed by atoms with van der Waals surface area (Å²) in [5.41, 5.74) is 6.12. The lowest BCUT2D eigenvalue weighted by Crippen LogP contribution is -1.95. The van der Waals surface area contributed by atoms with E-state index in [1.54, 1.807) is 0 Å². The number of benzene rings is 2. The summed E-state index contributed by atoms with van der Waals surface area (Å²) in [7, 11) is 0. The van der Waals surface area contributed by atoms with Gasteiger partial charge in [-0.2, -0.15) is 0 Å². The zero-order valence-corrected chi connectivity index (χ0v) is 13.2. The maximum absolute atomic E-state index is 3.73. The third kappa shape index (κ3) is 2.32. The molecule has 3 rings (SSSR count). The molecule has 100 valence electrons. The molecule has 0 saturated carbocycles. The topological polar surface area (TPSA) is 4.93 Å². The molecular formula is C18H16BrN. The van der Waals surface area contributed by atoms with Gasteiger partial charge in [0.1, 0.15) is 0 Å². The number of halogens is 1. The number of aromatic nitrogens is 1. The van der Waals surface area contributed by atoms with Crippen molar-refractivity contribution in [2.24, 2.45) is 0 Å². The maximum Gasteiger partial charge on any atom is 0.0673 e. The number of nitrogens with zero attached hydrogens (tertiary/aromatic N) is 1. The zero-order chi connectivity index (χ0) is 14.1. The van der Waals surface area contributed by atoms with Crippen molar-refractivity contribution in [3.8, 4) is 16.9 Å². The van der Waals surface area contributed by atoms with E-state index in [2.05, 4.69) is 89.1 Å². The van der Waals surface area contributed by atoms with Gasteiger partial charge >= 0.3 is 0 Å². The Bertz CT molecular complexity index is 724. The largest absolute Gasteiger partial charge is 0.315 e. The molecule has 0 N–H and O–H groups in total. The Morgan fingerprint density at radius 3 is 2.15 bits per heavy atom. The van der Waals surface area contributed by atoms with Crippen molar-refractivity contribution in [3.63, 3.8) is 0 Å². The van der Waals surface area contributed by atoms with Gasteiger partial charge in [-0.05, 0) is 53.0 Å². The van der Waals surface area contributed by atoms with Gasteiger partial charge in [-0.15, -0.1) is 0 Å². The van der Waals surface area contributed by atoms with Gasteiger partial charge in [0.25, 0.3) is 0 Å². The van der Waals surface area contributed by atoms with Crippen LogP contribution in [-0.4, -0.2) is 4.57 Å². The summed E-state index contributed by atoms with van der Waals surface area (Å²) in [5.74, 6) is 0. The van der Waals surface area contributed by atoms with Crippen molar-refractivity contribution in [1.82, 2.24) is 4.57 Å².